The van der Waals surface area contributed by atoms with Gasteiger partial charge in [0, 0.05) is 19.6 Å². The van der Waals surface area contributed by atoms with Crippen LogP contribution >= 0.6 is 11.6 Å². The number of nitrogens with zero attached hydrogens (tertiary/aromatic N) is 3. The van der Waals surface area contributed by atoms with Crippen LogP contribution in [0.4, 0.5) is 0 Å². The van der Waals surface area contributed by atoms with Gasteiger partial charge in [-0.15, -0.1) is 0 Å². The van der Waals surface area contributed by atoms with Crippen LogP contribution in [0.2, 0.25) is 5.02 Å². The van der Waals surface area contributed by atoms with Crippen molar-refractivity contribution >= 4 is 17.6 Å². The number of hydrogen-bond acceptors (Lipinski definition) is 4. The highest BCUT2D eigenvalue weighted by Crippen LogP contribution is 2.27. The van der Waals surface area contributed by atoms with Gasteiger partial charge in [-0.2, -0.15) is 5.10 Å². The van der Waals surface area contributed by atoms with Crippen LogP contribution in [0.3, 0.4) is 0 Å². The Bertz CT molecular complexity index is 481. The summed E-state index contributed by atoms with van der Waals surface area (Å²) in [6.45, 7) is 2.84. The van der Waals surface area contributed by atoms with Crippen LogP contribution in [0.5, 0.6) is 0 Å². The van der Waals surface area contributed by atoms with E-state index in [1.54, 1.807) is 4.68 Å². The molecule has 0 amide bonds. The Labute approximate surface area is 124 Å². The van der Waals surface area contributed by atoms with Crippen molar-refractivity contribution in [3.05, 3.63) is 16.4 Å². The highest BCUT2D eigenvalue weighted by atomic mass is 35.5. The molecule has 1 heterocycles. The third-order valence-corrected chi connectivity index (χ3v) is 4.51. The summed E-state index contributed by atoms with van der Waals surface area (Å²) in [6.07, 6.45) is 4.71. The molecule has 1 fully saturated rings. The molecule has 0 spiro atoms. The summed E-state index contributed by atoms with van der Waals surface area (Å²) in [5, 5.41) is 5.03. The van der Waals surface area contributed by atoms with E-state index in [0.29, 0.717) is 24.2 Å². The summed E-state index contributed by atoms with van der Waals surface area (Å²) in [5.41, 5.74) is 1.79. The molecule has 0 atom stereocenters. The second-order valence-electron chi connectivity index (χ2n) is 5.39. The summed E-state index contributed by atoms with van der Waals surface area (Å²) in [4.78, 5) is 13.8. The summed E-state index contributed by atoms with van der Waals surface area (Å²) in [7, 11) is 3.32. The van der Waals surface area contributed by atoms with Crippen LogP contribution in [-0.2, 0) is 23.1 Å². The number of carbonyl (C=O) groups is 1. The number of aromatic nitrogens is 2. The maximum absolute atomic E-state index is 11.6. The molecule has 0 unspecified atom stereocenters. The number of esters is 1. The highest BCUT2D eigenvalue weighted by Gasteiger charge is 2.26. The zero-order valence-corrected chi connectivity index (χ0v) is 13.1. The second kappa shape index (κ2) is 6.59. The summed E-state index contributed by atoms with van der Waals surface area (Å²) in [5.74, 6) is -0.202. The molecule has 1 aromatic heterocycles. The van der Waals surface area contributed by atoms with Crippen molar-refractivity contribution in [2.24, 2.45) is 7.05 Å². The van der Waals surface area contributed by atoms with Gasteiger partial charge in [-0.25, -0.2) is 0 Å². The SMILES string of the molecule is COC(=O)CN(Cc1c(Cl)c(C)nn1C)C1CCCC1. The maximum Gasteiger partial charge on any atom is 0.319 e. The maximum atomic E-state index is 11.6. The van der Waals surface area contributed by atoms with E-state index in [1.807, 2.05) is 14.0 Å². The van der Waals surface area contributed by atoms with E-state index < -0.39 is 0 Å². The smallest absolute Gasteiger partial charge is 0.319 e. The van der Waals surface area contributed by atoms with Crippen molar-refractivity contribution in [2.45, 2.75) is 45.2 Å². The number of carbonyl (C=O) groups excluding carboxylic acids is 1. The molecule has 20 heavy (non-hydrogen) atoms. The highest BCUT2D eigenvalue weighted by molar-refractivity contribution is 6.31. The van der Waals surface area contributed by atoms with Crippen LogP contribution in [0.25, 0.3) is 0 Å². The Morgan fingerprint density at radius 1 is 1.50 bits per heavy atom. The van der Waals surface area contributed by atoms with E-state index in [4.69, 9.17) is 16.3 Å². The molecular weight excluding hydrogens is 278 g/mol. The zero-order chi connectivity index (χ0) is 14.7. The minimum atomic E-state index is -0.202. The Morgan fingerprint density at radius 3 is 2.65 bits per heavy atom. The molecular formula is C14H22ClN3O2. The van der Waals surface area contributed by atoms with Gasteiger partial charge in [0.25, 0.3) is 0 Å². The van der Waals surface area contributed by atoms with Crippen molar-refractivity contribution < 1.29 is 9.53 Å². The molecule has 2 rings (SSSR count). The van der Waals surface area contributed by atoms with Gasteiger partial charge in [-0.05, 0) is 19.8 Å². The first-order valence-corrected chi connectivity index (χ1v) is 7.39. The third-order valence-electron chi connectivity index (χ3n) is 4.02. The molecule has 0 aromatic carbocycles. The first-order valence-electron chi connectivity index (χ1n) is 7.01. The average Bonchev–Trinajstić information content (AvgIpc) is 3.02. The van der Waals surface area contributed by atoms with Gasteiger partial charge in [0.15, 0.2) is 0 Å². The monoisotopic (exact) mass is 299 g/mol. The van der Waals surface area contributed by atoms with Gasteiger partial charge in [-0.3, -0.25) is 14.4 Å². The van der Waals surface area contributed by atoms with Crippen LogP contribution in [-0.4, -0.2) is 40.3 Å². The zero-order valence-electron chi connectivity index (χ0n) is 12.4. The Balaban J connectivity index is 2.15. The normalized spacial score (nSPS) is 16.1. The quantitative estimate of drug-likeness (QED) is 0.783. The van der Waals surface area contributed by atoms with Gasteiger partial charge in [0.2, 0.25) is 0 Å². The second-order valence-corrected chi connectivity index (χ2v) is 5.77. The first-order chi connectivity index (χ1) is 9.52. The standard InChI is InChI=1S/C14H22ClN3O2/c1-10-14(15)12(17(2)16-10)8-18(9-13(19)20-3)11-6-4-5-7-11/h11H,4-9H2,1-3H3. The summed E-state index contributed by atoms with van der Waals surface area (Å²) in [6, 6.07) is 0.431. The first kappa shape index (κ1) is 15.3. The van der Waals surface area contributed by atoms with Gasteiger partial charge >= 0.3 is 5.97 Å². The fraction of sp³-hybridized carbons (Fsp3) is 0.714. The van der Waals surface area contributed by atoms with E-state index in [1.165, 1.54) is 20.0 Å². The Kier molecular flexibility index (Phi) is 5.05. The predicted octanol–water partition coefficient (Wildman–Crippen LogP) is 2.30. The molecule has 1 aromatic rings. The van der Waals surface area contributed by atoms with E-state index in [9.17, 15) is 4.79 Å². The number of aryl methyl sites for hydroxylation is 2. The van der Waals surface area contributed by atoms with Crippen LogP contribution < -0.4 is 0 Å². The topological polar surface area (TPSA) is 47.4 Å². The molecule has 6 heteroatoms. The van der Waals surface area contributed by atoms with Gasteiger partial charge in [0.1, 0.15) is 0 Å². The fourth-order valence-electron chi connectivity index (χ4n) is 2.86. The minimum Gasteiger partial charge on any atom is -0.468 e. The molecule has 1 saturated carbocycles. The lowest BCUT2D eigenvalue weighted by atomic mass is 10.2. The van der Waals surface area contributed by atoms with E-state index >= 15 is 0 Å². The summed E-state index contributed by atoms with van der Waals surface area (Å²) < 4.78 is 6.61. The largest absolute Gasteiger partial charge is 0.468 e. The Morgan fingerprint density at radius 2 is 2.15 bits per heavy atom. The van der Waals surface area contributed by atoms with Crippen LogP contribution in [0, 0.1) is 6.92 Å². The van der Waals surface area contributed by atoms with Gasteiger partial charge in [-0.1, -0.05) is 24.4 Å². The molecule has 0 radical (unpaired) electrons. The molecule has 112 valence electrons. The van der Waals surface area contributed by atoms with Gasteiger partial charge < -0.3 is 4.74 Å². The van der Waals surface area contributed by atoms with Crippen molar-refractivity contribution in [1.82, 2.24) is 14.7 Å². The van der Waals surface area contributed by atoms with Crippen LogP contribution in [0.15, 0.2) is 0 Å². The van der Waals surface area contributed by atoms with E-state index in [0.717, 1.165) is 24.2 Å². The number of rotatable bonds is 5. The lowest BCUT2D eigenvalue weighted by Gasteiger charge is -2.27. The molecule has 0 saturated heterocycles. The molecule has 0 bridgehead atoms. The van der Waals surface area contributed by atoms with Crippen LogP contribution in [0.1, 0.15) is 37.1 Å². The predicted molar refractivity (Wildman–Crippen MR) is 77.6 cm³/mol. The van der Waals surface area contributed by atoms with E-state index in [2.05, 4.69) is 10.00 Å². The molecule has 1 aliphatic carbocycles. The van der Waals surface area contributed by atoms with Crippen molar-refractivity contribution in [3.63, 3.8) is 0 Å². The minimum absolute atomic E-state index is 0.202. The number of ether oxygens (including phenoxy) is 1. The lowest BCUT2D eigenvalue weighted by Crippen LogP contribution is -2.38. The van der Waals surface area contributed by atoms with Crippen molar-refractivity contribution in [2.75, 3.05) is 13.7 Å². The number of methoxy groups -OCH3 is 1. The molecule has 1 aliphatic rings. The summed E-state index contributed by atoms with van der Waals surface area (Å²) >= 11 is 6.31. The van der Waals surface area contributed by atoms with E-state index in [-0.39, 0.29) is 5.97 Å². The molecule has 0 N–H and O–H groups in total. The average molecular weight is 300 g/mol. The van der Waals surface area contributed by atoms with Crippen molar-refractivity contribution in [3.8, 4) is 0 Å². The lowest BCUT2D eigenvalue weighted by molar-refractivity contribution is -0.142. The molecule has 5 nitrogen and oxygen atoms in total. The third kappa shape index (κ3) is 3.33. The van der Waals surface area contributed by atoms with Gasteiger partial charge in [0.05, 0.1) is 30.1 Å². The number of halogens is 1. The fourth-order valence-corrected chi connectivity index (χ4v) is 3.08. The Hall–Kier alpha value is -1.07. The van der Waals surface area contributed by atoms with Crippen molar-refractivity contribution in [1.29, 1.82) is 0 Å². The number of hydrogen-bond donors (Lipinski definition) is 0. The molecule has 0 aliphatic heterocycles.